The quantitative estimate of drug-likeness (QED) is 0.571. The standard InChI is InChI=1S/C17H26N2O2/c1-21-17(20)10-6-3-7-11-18-12-14-19(15-13-18)16-8-4-2-5-9-16/h2,4-5,8-9H,3,6-7,10-15H2,1H3. The van der Waals surface area contributed by atoms with Gasteiger partial charge >= 0.3 is 5.97 Å². The van der Waals surface area contributed by atoms with Crippen LogP contribution in [0.25, 0.3) is 0 Å². The number of benzene rings is 1. The Bertz CT molecular complexity index is 414. The lowest BCUT2D eigenvalue weighted by Gasteiger charge is -2.36. The molecule has 4 nitrogen and oxygen atoms in total. The molecule has 4 heteroatoms. The van der Waals surface area contributed by atoms with Gasteiger partial charge in [-0.05, 0) is 31.5 Å². The molecule has 0 saturated carbocycles. The van der Waals surface area contributed by atoms with Gasteiger partial charge in [0, 0.05) is 38.3 Å². The number of nitrogens with zero attached hydrogens (tertiary/aromatic N) is 2. The number of carbonyl (C=O) groups excluding carboxylic acids is 1. The van der Waals surface area contributed by atoms with Crippen LogP contribution in [0.4, 0.5) is 5.69 Å². The highest BCUT2D eigenvalue weighted by atomic mass is 16.5. The zero-order chi connectivity index (χ0) is 14.9. The van der Waals surface area contributed by atoms with Crippen LogP contribution in [0.5, 0.6) is 0 Å². The van der Waals surface area contributed by atoms with E-state index in [1.54, 1.807) is 0 Å². The summed E-state index contributed by atoms with van der Waals surface area (Å²) in [4.78, 5) is 16.0. The lowest BCUT2D eigenvalue weighted by atomic mass is 10.1. The lowest BCUT2D eigenvalue weighted by molar-refractivity contribution is -0.140. The molecule has 0 amide bonds. The second-order valence-electron chi connectivity index (χ2n) is 5.55. The van der Waals surface area contributed by atoms with E-state index in [-0.39, 0.29) is 5.97 Å². The molecule has 0 radical (unpaired) electrons. The van der Waals surface area contributed by atoms with Gasteiger partial charge in [0.1, 0.15) is 0 Å². The number of anilines is 1. The third-order valence-electron chi connectivity index (χ3n) is 4.08. The highest BCUT2D eigenvalue weighted by molar-refractivity contribution is 5.68. The fourth-order valence-corrected chi connectivity index (χ4v) is 2.75. The smallest absolute Gasteiger partial charge is 0.305 e. The number of piperazine rings is 1. The van der Waals surface area contributed by atoms with Crippen molar-refractivity contribution in [3.05, 3.63) is 30.3 Å². The molecule has 0 aromatic heterocycles. The van der Waals surface area contributed by atoms with Crippen LogP contribution >= 0.6 is 0 Å². The number of para-hydroxylation sites is 1. The van der Waals surface area contributed by atoms with Gasteiger partial charge in [-0.1, -0.05) is 24.6 Å². The van der Waals surface area contributed by atoms with Crippen molar-refractivity contribution in [3.63, 3.8) is 0 Å². The van der Waals surface area contributed by atoms with E-state index in [9.17, 15) is 4.79 Å². The van der Waals surface area contributed by atoms with Crippen LogP contribution in [0.15, 0.2) is 30.3 Å². The third-order valence-corrected chi connectivity index (χ3v) is 4.08. The fourth-order valence-electron chi connectivity index (χ4n) is 2.75. The summed E-state index contributed by atoms with van der Waals surface area (Å²) in [5.41, 5.74) is 1.33. The van der Waals surface area contributed by atoms with Gasteiger partial charge in [0.25, 0.3) is 0 Å². The van der Waals surface area contributed by atoms with Gasteiger partial charge in [-0.25, -0.2) is 0 Å². The Morgan fingerprint density at radius 3 is 2.43 bits per heavy atom. The number of ether oxygens (including phenoxy) is 1. The van der Waals surface area contributed by atoms with Crippen LogP contribution in [0, 0.1) is 0 Å². The normalized spacial score (nSPS) is 16.0. The van der Waals surface area contributed by atoms with E-state index in [0.717, 1.165) is 45.6 Å². The molecule has 0 spiro atoms. The first-order valence-electron chi connectivity index (χ1n) is 7.89. The first-order chi connectivity index (χ1) is 10.3. The highest BCUT2D eigenvalue weighted by Gasteiger charge is 2.16. The minimum absolute atomic E-state index is 0.0912. The first-order valence-corrected chi connectivity index (χ1v) is 7.89. The Balaban J connectivity index is 1.58. The maximum Gasteiger partial charge on any atom is 0.305 e. The molecule has 1 aromatic rings. The van der Waals surface area contributed by atoms with E-state index < -0.39 is 0 Å². The molecule has 1 aliphatic rings. The van der Waals surface area contributed by atoms with E-state index in [2.05, 4.69) is 44.9 Å². The summed E-state index contributed by atoms with van der Waals surface area (Å²) >= 11 is 0. The van der Waals surface area contributed by atoms with Crippen LogP contribution in [0.2, 0.25) is 0 Å². The SMILES string of the molecule is COC(=O)CCCCCN1CCN(c2ccccc2)CC1. The molecule has 1 saturated heterocycles. The minimum Gasteiger partial charge on any atom is -0.469 e. The van der Waals surface area contributed by atoms with Crippen molar-refractivity contribution in [2.45, 2.75) is 25.7 Å². The Hall–Kier alpha value is -1.55. The predicted octanol–water partition coefficient (Wildman–Crippen LogP) is 2.54. The number of rotatable bonds is 7. The van der Waals surface area contributed by atoms with Gasteiger partial charge in [0.15, 0.2) is 0 Å². The van der Waals surface area contributed by atoms with Crippen LogP contribution in [0.3, 0.4) is 0 Å². The average Bonchev–Trinajstić information content (AvgIpc) is 2.55. The van der Waals surface area contributed by atoms with Gasteiger partial charge < -0.3 is 9.64 Å². The Labute approximate surface area is 127 Å². The van der Waals surface area contributed by atoms with E-state index in [1.165, 1.54) is 19.2 Å². The summed E-state index contributed by atoms with van der Waals surface area (Å²) in [6.07, 6.45) is 3.77. The number of carbonyl (C=O) groups is 1. The third kappa shape index (κ3) is 5.38. The van der Waals surface area contributed by atoms with Gasteiger partial charge in [0.2, 0.25) is 0 Å². The summed E-state index contributed by atoms with van der Waals surface area (Å²) in [6, 6.07) is 10.6. The van der Waals surface area contributed by atoms with Gasteiger partial charge in [-0.2, -0.15) is 0 Å². The van der Waals surface area contributed by atoms with Gasteiger partial charge in [-0.15, -0.1) is 0 Å². The predicted molar refractivity (Wildman–Crippen MR) is 85.6 cm³/mol. The van der Waals surface area contributed by atoms with Crippen molar-refractivity contribution in [2.75, 3.05) is 44.7 Å². The molecule has 116 valence electrons. The number of unbranched alkanes of at least 4 members (excludes halogenated alkanes) is 2. The molecule has 0 bridgehead atoms. The number of hydrogen-bond acceptors (Lipinski definition) is 4. The van der Waals surface area contributed by atoms with E-state index in [0.29, 0.717) is 6.42 Å². The van der Waals surface area contributed by atoms with Gasteiger partial charge in [-0.3, -0.25) is 9.69 Å². The molecular weight excluding hydrogens is 264 g/mol. The summed E-state index contributed by atoms with van der Waals surface area (Å²) in [5.74, 6) is -0.0912. The molecule has 1 fully saturated rings. The molecule has 0 atom stereocenters. The summed E-state index contributed by atoms with van der Waals surface area (Å²) < 4.78 is 4.65. The molecule has 1 heterocycles. The minimum atomic E-state index is -0.0912. The summed E-state index contributed by atoms with van der Waals surface area (Å²) in [5, 5.41) is 0. The van der Waals surface area contributed by atoms with Crippen molar-refractivity contribution in [1.82, 2.24) is 4.90 Å². The average molecular weight is 290 g/mol. The molecule has 21 heavy (non-hydrogen) atoms. The molecular formula is C17H26N2O2. The van der Waals surface area contributed by atoms with E-state index in [4.69, 9.17) is 0 Å². The monoisotopic (exact) mass is 290 g/mol. The highest BCUT2D eigenvalue weighted by Crippen LogP contribution is 2.15. The Kier molecular flexibility index (Phi) is 6.54. The van der Waals surface area contributed by atoms with Crippen molar-refractivity contribution in [3.8, 4) is 0 Å². The number of esters is 1. The summed E-state index contributed by atoms with van der Waals surface area (Å²) in [7, 11) is 1.45. The number of hydrogen-bond donors (Lipinski definition) is 0. The fraction of sp³-hybridized carbons (Fsp3) is 0.588. The molecule has 1 aromatic carbocycles. The second-order valence-corrected chi connectivity index (χ2v) is 5.55. The molecule has 2 rings (SSSR count). The molecule has 1 aliphatic heterocycles. The van der Waals surface area contributed by atoms with Crippen molar-refractivity contribution < 1.29 is 9.53 Å². The van der Waals surface area contributed by atoms with Crippen molar-refractivity contribution in [2.24, 2.45) is 0 Å². The zero-order valence-corrected chi connectivity index (χ0v) is 13.0. The zero-order valence-electron chi connectivity index (χ0n) is 13.0. The van der Waals surface area contributed by atoms with Crippen LogP contribution in [-0.2, 0) is 9.53 Å². The lowest BCUT2D eigenvalue weighted by Crippen LogP contribution is -2.46. The van der Waals surface area contributed by atoms with E-state index in [1.807, 2.05) is 0 Å². The molecule has 0 N–H and O–H groups in total. The topological polar surface area (TPSA) is 32.8 Å². The van der Waals surface area contributed by atoms with Crippen LogP contribution in [0.1, 0.15) is 25.7 Å². The largest absolute Gasteiger partial charge is 0.469 e. The van der Waals surface area contributed by atoms with Crippen LogP contribution < -0.4 is 4.90 Å². The Morgan fingerprint density at radius 2 is 1.76 bits per heavy atom. The summed E-state index contributed by atoms with van der Waals surface area (Å²) in [6.45, 7) is 5.61. The number of methoxy groups -OCH3 is 1. The Morgan fingerprint density at radius 1 is 1.05 bits per heavy atom. The van der Waals surface area contributed by atoms with Crippen molar-refractivity contribution in [1.29, 1.82) is 0 Å². The maximum atomic E-state index is 11.0. The molecule has 0 aliphatic carbocycles. The van der Waals surface area contributed by atoms with Crippen LogP contribution in [-0.4, -0.2) is 50.7 Å². The second kappa shape index (κ2) is 8.67. The maximum absolute atomic E-state index is 11.0. The molecule has 0 unspecified atom stereocenters. The first kappa shape index (κ1) is 15.8. The van der Waals surface area contributed by atoms with Gasteiger partial charge in [0.05, 0.1) is 7.11 Å². The van der Waals surface area contributed by atoms with Crippen molar-refractivity contribution >= 4 is 11.7 Å². The van der Waals surface area contributed by atoms with E-state index >= 15 is 0 Å².